The summed E-state index contributed by atoms with van der Waals surface area (Å²) in [5.74, 6) is -0.0881. The molecule has 0 atom stereocenters. The fourth-order valence-electron chi connectivity index (χ4n) is 3.05. The summed E-state index contributed by atoms with van der Waals surface area (Å²) < 4.78 is 19.2. The van der Waals surface area contributed by atoms with E-state index in [9.17, 15) is 14.4 Å². The van der Waals surface area contributed by atoms with Gasteiger partial charge in [-0.05, 0) is 55.0 Å². The quantitative estimate of drug-likeness (QED) is 0.478. The molecule has 142 valence electrons. The van der Waals surface area contributed by atoms with Gasteiger partial charge in [0.25, 0.3) is 0 Å². The first kappa shape index (κ1) is 18.2. The van der Waals surface area contributed by atoms with Crippen molar-refractivity contribution in [1.29, 1.82) is 5.26 Å². The van der Waals surface area contributed by atoms with E-state index in [1.54, 1.807) is 37.3 Å². The molecule has 0 aliphatic rings. The number of H-pyrrole nitrogens is 1. The molecule has 0 saturated heterocycles. The van der Waals surface area contributed by atoms with Crippen LogP contribution in [0.25, 0.3) is 34.0 Å². The number of nitriles is 1. The standard InChI is InChI=1S/C22H14FN3O3/c1-12-8-13(22(27)28)2-5-17(12)20-7-4-16(29-20)9-14(11-24)21-25-18-6-3-15(23)10-19(18)26-21/h2-10H,1H3,(H,25,26)(H,27,28)/b14-9-. The minimum atomic E-state index is -0.993. The second-order valence-electron chi connectivity index (χ2n) is 6.45. The number of aromatic nitrogens is 2. The van der Waals surface area contributed by atoms with Gasteiger partial charge in [0.1, 0.15) is 29.2 Å². The zero-order chi connectivity index (χ0) is 20.5. The van der Waals surface area contributed by atoms with Crippen LogP contribution in [0.3, 0.4) is 0 Å². The van der Waals surface area contributed by atoms with Crippen LogP contribution < -0.4 is 0 Å². The number of nitrogens with one attached hydrogen (secondary N) is 1. The third-order valence-electron chi connectivity index (χ3n) is 4.47. The third-order valence-corrected chi connectivity index (χ3v) is 4.47. The van der Waals surface area contributed by atoms with Crippen molar-refractivity contribution in [2.45, 2.75) is 6.92 Å². The van der Waals surface area contributed by atoms with Gasteiger partial charge in [-0.1, -0.05) is 6.07 Å². The highest BCUT2D eigenvalue weighted by Gasteiger charge is 2.12. The number of aryl methyl sites for hydroxylation is 1. The van der Waals surface area contributed by atoms with E-state index in [1.807, 2.05) is 0 Å². The average Bonchev–Trinajstić information content (AvgIpc) is 3.32. The molecule has 4 rings (SSSR count). The van der Waals surface area contributed by atoms with Gasteiger partial charge in [0.05, 0.1) is 22.2 Å². The van der Waals surface area contributed by atoms with Crippen LogP contribution in [0.2, 0.25) is 0 Å². The first-order chi connectivity index (χ1) is 13.9. The molecule has 0 aliphatic carbocycles. The number of furan rings is 1. The topological polar surface area (TPSA) is 103 Å². The van der Waals surface area contributed by atoms with Crippen LogP contribution in [0, 0.1) is 24.1 Å². The van der Waals surface area contributed by atoms with Crippen LogP contribution in [0.15, 0.2) is 52.9 Å². The second kappa shape index (κ2) is 7.09. The third kappa shape index (κ3) is 3.51. The number of aromatic amines is 1. The van der Waals surface area contributed by atoms with Crippen molar-refractivity contribution in [3.8, 4) is 17.4 Å². The predicted octanol–water partition coefficient (Wildman–Crippen LogP) is 5.03. The number of hydrogen-bond donors (Lipinski definition) is 2. The lowest BCUT2D eigenvalue weighted by Crippen LogP contribution is -1.96. The van der Waals surface area contributed by atoms with Crippen molar-refractivity contribution in [3.63, 3.8) is 0 Å². The lowest BCUT2D eigenvalue weighted by atomic mass is 10.0. The molecule has 0 bridgehead atoms. The fraction of sp³-hybridized carbons (Fsp3) is 0.0455. The summed E-state index contributed by atoms with van der Waals surface area (Å²) >= 11 is 0. The molecular weight excluding hydrogens is 373 g/mol. The molecule has 6 nitrogen and oxygen atoms in total. The molecule has 0 fully saturated rings. The van der Waals surface area contributed by atoms with Crippen LogP contribution in [0.5, 0.6) is 0 Å². The largest absolute Gasteiger partial charge is 0.478 e. The molecular formula is C22H14FN3O3. The SMILES string of the molecule is Cc1cc(C(=O)O)ccc1-c1ccc(/C=C(/C#N)c2nc3ccc(F)cc3[nH]2)o1. The molecule has 0 saturated carbocycles. The van der Waals surface area contributed by atoms with Gasteiger partial charge in [0.2, 0.25) is 0 Å². The van der Waals surface area contributed by atoms with Crippen molar-refractivity contribution in [2.24, 2.45) is 0 Å². The smallest absolute Gasteiger partial charge is 0.335 e. The summed E-state index contributed by atoms with van der Waals surface area (Å²) in [6, 6.07) is 14.5. The summed E-state index contributed by atoms with van der Waals surface area (Å²) in [7, 11) is 0. The Morgan fingerprint density at radius 1 is 1.24 bits per heavy atom. The van der Waals surface area contributed by atoms with E-state index in [4.69, 9.17) is 9.52 Å². The highest BCUT2D eigenvalue weighted by molar-refractivity contribution is 5.90. The van der Waals surface area contributed by atoms with E-state index < -0.39 is 11.8 Å². The van der Waals surface area contributed by atoms with Crippen molar-refractivity contribution in [2.75, 3.05) is 0 Å². The molecule has 29 heavy (non-hydrogen) atoms. The van der Waals surface area contributed by atoms with E-state index in [1.165, 1.54) is 24.3 Å². The fourth-order valence-corrected chi connectivity index (χ4v) is 3.05. The average molecular weight is 387 g/mol. The summed E-state index contributed by atoms with van der Waals surface area (Å²) in [4.78, 5) is 18.3. The Morgan fingerprint density at radius 2 is 2.07 bits per heavy atom. The Kier molecular flexibility index (Phi) is 4.45. The van der Waals surface area contributed by atoms with E-state index in [2.05, 4.69) is 16.0 Å². The second-order valence-corrected chi connectivity index (χ2v) is 6.45. The van der Waals surface area contributed by atoms with Crippen LogP contribution in [-0.2, 0) is 0 Å². The van der Waals surface area contributed by atoms with E-state index >= 15 is 0 Å². The zero-order valence-electron chi connectivity index (χ0n) is 15.2. The summed E-state index contributed by atoms with van der Waals surface area (Å²) in [6.45, 7) is 1.80. The highest BCUT2D eigenvalue weighted by atomic mass is 19.1. The molecule has 4 aromatic rings. The van der Waals surface area contributed by atoms with Crippen LogP contribution >= 0.6 is 0 Å². The molecule has 0 radical (unpaired) electrons. The number of hydrogen-bond acceptors (Lipinski definition) is 4. The van der Waals surface area contributed by atoms with Crippen molar-refractivity contribution < 1.29 is 18.7 Å². The van der Waals surface area contributed by atoms with Gasteiger partial charge < -0.3 is 14.5 Å². The van der Waals surface area contributed by atoms with E-state index in [0.29, 0.717) is 28.4 Å². The van der Waals surface area contributed by atoms with Crippen molar-refractivity contribution >= 4 is 28.7 Å². The van der Waals surface area contributed by atoms with Crippen LogP contribution in [0.4, 0.5) is 4.39 Å². The lowest BCUT2D eigenvalue weighted by Gasteiger charge is -2.04. The Labute approximate surface area is 164 Å². The molecule has 2 aromatic carbocycles. The molecule has 0 amide bonds. The molecule has 0 aliphatic heterocycles. The zero-order valence-corrected chi connectivity index (χ0v) is 15.2. The van der Waals surface area contributed by atoms with Crippen LogP contribution in [0.1, 0.15) is 27.5 Å². The van der Waals surface area contributed by atoms with Gasteiger partial charge in [0, 0.05) is 11.6 Å². The number of halogens is 1. The van der Waals surface area contributed by atoms with Gasteiger partial charge in [-0.3, -0.25) is 0 Å². The Bertz CT molecular complexity index is 1320. The van der Waals surface area contributed by atoms with Gasteiger partial charge >= 0.3 is 5.97 Å². The van der Waals surface area contributed by atoms with Gasteiger partial charge in [-0.15, -0.1) is 0 Å². The number of allylic oxidation sites excluding steroid dienone is 1. The Hall–Kier alpha value is -4.18. The van der Waals surface area contributed by atoms with Crippen molar-refractivity contribution in [1.82, 2.24) is 9.97 Å². The molecule has 7 heteroatoms. The molecule has 2 N–H and O–H groups in total. The molecule has 0 unspecified atom stereocenters. The van der Waals surface area contributed by atoms with E-state index in [0.717, 1.165) is 11.1 Å². The maximum atomic E-state index is 13.4. The summed E-state index contributed by atoms with van der Waals surface area (Å²) in [5.41, 5.74) is 3.00. The molecule has 2 heterocycles. The number of carboxylic acid groups (broad SMARTS) is 1. The van der Waals surface area contributed by atoms with Crippen LogP contribution in [-0.4, -0.2) is 21.0 Å². The first-order valence-electron chi connectivity index (χ1n) is 8.66. The summed E-state index contributed by atoms with van der Waals surface area (Å²) in [6.07, 6.45) is 1.54. The number of nitrogens with zero attached hydrogens (tertiary/aromatic N) is 2. The first-order valence-corrected chi connectivity index (χ1v) is 8.66. The monoisotopic (exact) mass is 387 g/mol. The minimum Gasteiger partial charge on any atom is -0.478 e. The highest BCUT2D eigenvalue weighted by Crippen LogP contribution is 2.28. The normalized spacial score (nSPS) is 11.6. The number of benzene rings is 2. The predicted molar refractivity (Wildman–Crippen MR) is 105 cm³/mol. The van der Waals surface area contributed by atoms with Gasteiger partial charge in [-0.25, -0.2) is 14.2 Å². The van der Waals surface area contributed by atoms with Gasteiger partial charge in [-0.2, -0.15) is 5.26 Å². The molecule has 0 spiro atoms. The summed E-state index contributed by atoms with van der Waals surface area (Å²) in [5, 5.41) is 18.6. The number of fused-ring (bicyclic) bond motifs is 1. The van der Waals surface area contributed by atoms with Gasteiger partial charge in [0.15, 0.2) is 0 Å². The maximum absolute atomic E-state index is 13.4. The number of aromatic carboxylic acids is 1. The maximum Gasteiger partial charge on any atom is 0.335 e. The van der Waals surface area contributed by atoms with Crippen molar-refractivity contribution in [3.05, 3.63) is 77.1 Å². The number of carboxylic acids is 1. The number of carbonyl (C=O) groups is 1. The van der Waals surface area contributed by atoms with E-state index in [-0.39, 0.29) is 11.1 Å². The number of imidazole rings is 1. The molecule has 2 aromatic heterocycles. The lowest BCUT2D eigenvalue weighted by molar-refractivity contribution is 0.0697. The Morgan fingerprint density at radius 3 is 2.79 bits per heavy atom. The Balaban J connectivity index is 1.68. The minimum absolute atomic E-state index is 0.200. The number of rotatable bonds is 4.